The summed E-state index contributed by atoms with van der Waals surface area (Å²) >= 11 is 0. The second-order valence-electron chi connectivity index (χ2n) is 2.00. The smallest absolute Gasteiger partial charge is 0.422 e. The fourth-order valence-electron chi connectivity index (χ4n) is 0.406. The summed E-state index contributed by atoms with van der Waals surface area (Å²) in [6.07, 6.45) is 0.0843. The molecule has 6 N–H and O–H groups in total. The zero-order valence-corrected chi connectivity index (χ0v) is 7.22. The van der Waals surface area contributed by atoms with E-state index >= 15 is 0 Å². The van der Waals surface area contributed by atoms with Crippen LogP contribution in [-0.2, 0) is 4.74 Å². The highest BCUT2D eigenvalue weighted by Gasteiger charge is 1.97. The molecule has 76 valence electrons. The van der Waals surface area contributed by atoms with E-state index in [-0.39, 0.29) is 0 Å². The zero-order chi connectivity index (χ0) is 10.1. The molecule has 0 saturated heterocycles. The number of hydrogen-bond donors (Lipinski definition) is 5. The molecule has 0 fully saturated rings. The van der Waals surface area contributed by atoms with Gasteiger partial charge in [0.15, 0.2) is 0 Å². The van der Waals surface area contributed by atoms with Crippen LogP contribution in [0, 0.1) is 0 Å². The summed E-state index contributed by atoms with van der Waals surface area (Å²) in [6.45, 7) is 2.20. The summed E-state index contributed by atoms with van der Waals surface area (Å²) in [5, 5.41) is 0. The van der Waals surface area contributed by atoms with Crippen LogP contribution in [0.3, 0.4) is 0 Å². The Morgan fingerprint density at radius 2 is 1.92 bits per heavy atom. The molecule has 3 amide bonds. The van der Waals surface area contributed by atoms with Crippen LogP contribution < -0.4 is 27.7 Å². The van der Waals surface area contributed by atoms with Gasteiger partial charge in [0.05, 0.1) is 6.61 Å². The Hall–Kier alpha value is -1.54. The molecule has 13 heavy (non-hydrogen) atoms. The maximum atomic E-state index is 10.7. The van der Waals surface area contributed by atoms with Gasteiger partial charge in [0.1, 0.15) is 0 Å². The lowest BCUT2D eigenvalue weighted by Gasteiger charge is -2.08. The molecule has 0 rings (SSSR count). The first-order valence-electron chi connectivity index (χ1n) is 3.65. The van der Waals surface area contributed by atoms with E-state index in [1.54, 1.807) is 0 Å². The second kappa shape index (κ2) is 7.13. The fourth-order valence-corrected chi connectivity index (χ4v) is 0.406. The molecule has 0 bridgehead atoms. The topological polar surface area (TPSA) is 118 Å². The molecule has 0 aromatic carbocycles. The van der Waals surface area contributed by atoms with E-state index in [4.69, 9.17) is 5.73 Å². The van der Waals surface area contributed by atoms with E-state index < -0.39 is 12.1 Å². The number of nitrogens with two attached hydrogens (primary N) is 1. The van der Waals surface area contributed by atoms with Gasteiger partial charge in [-0.2, -0.15) is 5.53 Å². The highest BCUT2D eigenvalue weighted by Crippen LogP contribution is 1.78. The van der Waals surface area contributed by atoms with Crippen LogP contribution in [0.15, 0.2) is 0 Å². The zero-order valence-electron chi connectivity index (χ0n) is 7.22. The monoisotopic (exact) mass is 191 g/mol. The average Bonchev–Trinajstić information content (AvgIpc) is 2.08. The van der Waals surface area contributed by atoms with Gasteiger partial charge in [-0.25, -0.2) is 15.0 Å². The fraction of sp³-hybridized carbons (Fsp3) is 0.600. The van der Waals surface area contributed by atoms with Crippen LogP contribution in [0.2, 0.25) is 0 Å². The number of carbonyl (C=O) groups excluding carboxylic acids is 2. The third-order valence-electron chi connectivity index (χ3n) is 0.850. The molecule has 8 nitrogen and oxygen atoms in total. The molecule has 8 heteroatoms. The van der Waals surface area contributed by atoms with Crippen LogP contribution in [-0.4, -0.2) is 18.7 Å². The minimum Gasteiger partial charge on any atom is -0.449 e. The number of carbonyl (C=O) groups is 2. The maximum absolute atomic E-state index is 10.7. The molecular weight excluding hydrogens is 178 g/mol. The van der Waals surface area contributed by atoms with Crippen molar-refractivity contribution in [3.63, 3.8) is 0 Å². The van der Waals surface area contributed by atoms with Gasteiger partial charge >= 0.3 is 12.1 Å². The Balaban J connectivity index is 3.22. The molecule has 0 aliphatic heterocycles. The SMILES string of the molecule is CCCOC(=O)NNNNC(N)=O. The number of hydrogen-bond acceptors (Lipinski definition) is 5. The molecule has 0 aromatic heterocycles. The van der Waals surface area contributed by atoms with Crippen molar-refractivity contribution in [2.75, 3.05) is 6.61 Å². The number of urea groups is 1. The van der Waals surface area contributed by atoms with Crippen molar-refractivity contribution in [1.29, 1.82) is 0 Å². The second-order valence-corrected chi connectivity index (χ2v) is 2.00. The third kappa shape index (κ3) is 8.37. The Kier molecular flexibility index (Phi) is 6.28. The lowest BCUT2D eigenvalue weighted by molar-refractivity contribution is 0.137. The number of ether oxygens (including phenoxy) is 1. The molecule has 0 aromatic rings. The number of amides is 3. The van der Waals surface area contributed by atoms with Crippen LogP contribution in [0.25, 0.3) is 0 Å². The van der Waals surface area contributed by atoms with Gasteiger partial charge in [-0.15, -0.1) is 5.53 Å². The van der Waals surface area contributed by atoms with Crippen molar-refractivity contribution >= 4 is 12.1 Å². The van der Waals surface area contributed by atoms with Gasteiger partial charge in [0.25, 0.3) is 0 Å². The summed E-state index contributed by atoms with van der Waals surface area (Å²) in [4.78, 5) is 20.7. The van der Waals surface area contributed by atoms with Crippen molar-refractivity contribution in [3.8, 4) is 0 Å². The lowest BCUT2D eigenvalue weighted by Crippen LogP contribution is -2.55. The van der Waals surface area contributed by atoms with E-state index in [0.29, 0.717) is 6.61 Å². The predicted octanol–water partition coefficient (Wildman–Crippen LogP) is -1.28. The van der Waals surface area contributed by atoms with E-state index in [1.807, 2.05) is 12.3 Å². The quantitative estimate of drug-likeness (QED) is 0.274. The van der Waals surface area contributed by atoms with Crippen LogP contribution in [0.1, 0.15) is 13.3 Å². The first-order valence-corrected chi connectivity index (χ1v) is 3.65. The molecular formula is C5H13N5O3. The van der Waals surface area contributed by atoms with Crippen LogP contribution in [0.5, 0.6) is 0 Å². The average molecular weight is 191 g/mol. The minimum absolute atomic E-state index is 0.330. The molecule has 0 unspecified atom stereocenters. The van der Waals surface area contributed by atoms with Crippen molar-refractivity contribution in [1.82, 2.24) is 21.9 Å². The summed E-state index contributed by atoms with van der Waals surface area (Å²) < 4.78 is 4.60. The summed E-state index contributed by atoms with van der Waals surface area (Å²) in [5.74, 6) is 0. The van der Waals surface area contributed by atoms with Crippen molar-refractivity contribution in [2.45, 2.75) is 13.3 Å². The Bertz CT molecular complexity index is 174. The number of rotatable bonds is 5. The molecule has 0 spiro atoms. The third-order valence-corrected chi connectivity index (χ3v) is 0.850. The highest BCUT2D eigenvalue weighted by molar-refractivity contribution is 5.71. The number of hydrazine groups is 3. The molecule has 0 radical (unpaired) electrons. The highest BCUT2D eigenvalue weighted by atomic mass is 16.6. The Morgan fingerprint density at radius 3 is 2.46 bits per heavy atom. The normalized spacial score (nSPS) is 9.00. The number of primary amides is 1. The Labute approximate surface area is 75.1 Å². The molecule has 0 aliphatic carbocycles. The summed E-state index contributed by atoms with van der Waals surface area (Å²) in [5.41, 5.74) is 13.0. The Morgan fingerprint density at radius 1 is 1.31 bits per heavy atom. The minimum atomic E-state index is -0.781. The van der Waals surface area contributed by atoms with E-state index in [0.717, 1.165) is 6.42 Å². The molecule has 0 aliphatic rings. The van der Waals surface area contributed by atoms with Gasteiger partial charge in [-0.05, 0) is 6.42 Å². The van der Waals surface area contributed by atoms with Crippen LogP contribution >= 0.6 is 0 Å². The van der Waals surface area contributed by atoms with Crippen molar-refractivity contribution < 1.29 is 14.3 Å². The van der Waals surface area contributed by atoms with Gasteiger partial charge in [0, 0.05) is 0 Å². The van der Waals surface area contributed by atoms with E-state index in [9.17, 15) is 9.59 Å². The first-order chi connectivity index (χ1) is 6.16. The van der Waals surface area contributed by atoms with Gasteiger partial charge in [-0.3, -0.25) is 5.43 Å². The number of nitrogens with one attached hydrogen (secondary N) is 4. The van der Waals surface area contributed by atoms with E-state index in [1.165, 1.54) is 0 Å². The van der Waals surface area contributed by atoms with Crippen LogP contribution in [0.4, 0.5) is 9.59 Å². The van der Waals surface area contributed by atoms with Gasteiger partial charge in [-0.1, -0.05) is 6.92 Å². The maximum Gasteiger partial charge on any atom is 0.422 e. The standard InChI is InChI=1S/C5H13N5O3/c1-2-3-13-5(12)8-10-9-7-4(6)11/h9-10H,2-3H2,1H3,(H,8,12)(H3,6,7,11). The van der Waals surface area contributed by atoms with Gasteiger partial charge in [0.2, 0.25) is 0 Å². The molecule has 0 saturated carbocycles. The summed E-state index contributed by atoms with van der Waals surface area (Å²) in [6, 6.07) is -0.781. The molecule has 0 heterocycles. The van der Waals surface area contributed by atoms with Crippen molar-refractivity contribution in [2.24, 2.45) is 5.73 Å². The summed E-state index contributed by atoms with van der Waals surface area (Å²) in [7, 11) is 0. The van der Waals surface area contributed by atoms with E-state index in [2.05, 4.69) is 21.2 Å². The molecule has 0 atom stereocenters. The predicted molar refractivity (Wildman–Crippen MR) is 43.8 cm³/mol. The lowest BCUT2D eigenvalue weighted by atomic mass is 10.5. The first kappa shape index (κ1) is 11.5. The van der Waals surface area contributed by atoms with Gasteiger partial charge < -0.3 is 10.5 Å². The largest absolute Gasteiger partial charge is 0.449 e. The van der Waals surface area contributed by atoms with Crippen molar-refractivity contribution in [3.05, 3.63) is 0 Å².